The molecular formula is C12H9FIN3O2. The Bertz CT molecular complexity index is 655. The second-order valence-corrected chi connectivity index (χ2v) is 4.97. The van der Waals surface area contributed by atoms with Crippen LogP contribution in [0.2, 0.25) is 0 Å². The Morgan fingerprint density at radius 1 is 1.37 bits per heavy atom. The van der Waals surface area contributed by atoms with Crippen LogP contribution in [0.3, 0.4) is 0 Å². The Hall–Kier alpha value is -1.77. The van der Waals surface area contributed by atoms with Gasteiger partial charge in [0.15, 0.2) is 0 Å². The van der Waals surface area contributed by atoms with Crippen molar-refractivity contribution in [3.8, 4) is 0 Å². The smallest absolute Gasteiger partial charge is 0.268 e. The Balaban J connectivity index is 2.05. The summed E-state index contributed by atoms with van der Waals surface area (Å²) in [5.41, 5.74) is 0.117. The molecule has 0 unspecified atom stereocenters. The van der Waals surface area contributed by atoms with E-state index in [0.29, 0.717) is 9.26 Å². The van der Waals surface area contributed by atoms with Crippen molar-refractivity contribution in [1.82, 2.24) is 9.78 Å². The molecule has 0 aliphatic carbocycles. The number of hydrogen-bond acceptors (Lipinski definition) is 3. The van der Waals surface area contributed by atoms with Crippen LogP contribution in [0.4, 0.5) is 10.1 Å². The number of nitrogens with one attached hydrogen (secondary N) is 1. The standard InChI is InChI=1S/C12H9FIN3O2/c13-8-1-3-10(4-2-8)16-11(18)7-17-12(19)5-9(14)6-15-17/h1-6H,7H2,(H,16,18). The molecule has 0 radical (unpaired) electrons. The SMILES string of the molecule is O=C(Cn1ncc(I)cc1=O)Nc1ccc(F)cc1. The summed E-state index contributed by atoms with van der Waals surface area (Å²) in [6, 6.07) is 6.75. The van der Waals surface area contributed by atoms with Gasteiger partial charge in [-0.1, -0.05) is 0 Å². The topological polar surface area (TPSA) is 64.0 Å². The number of amides is 1. The normalized spacial score (nSPS) is 10.2. The third kappa shape index (κ3) is 3.85. The molecule has 2 aromatic rings. The van der Waals surface area contributed by atoms with Crippen LogP contribution in [0.15, 0.2) is 41.3 Å². The summed E-state index contributed by atoms with van der Waals surface area (Å²) in [7, 11) is 0. The summed E-state index contributed by atoms with van der Waals surface area (Å²) in [6.45, 7) is -0.187. The van der Waals surface area contributed by atoms with E-state index in [1.165, 1.54) is 36.5 Å². The summed E-state index contributed by atoms with van der Waals surface area (Å²) < 4.78 is 14.5. The molecule has 1 aromatic carbocycles. The van der Waals surface area contributed by atoms with Gasteiger partial charge in [-0.25, -0.2) is 9.07 Å². The third-order valence-electron chi connectivity index (χ3n) is 2.26. The number of aromatic nitrogens is 2. The lowest BCUT2D eigenvalue weighted by molar-refractivity contribution is -0.117. The highest BCUT2D eigenvalue weighted by atomic mass is 127. The number of anilines is 1. The lowest BCUT2D eigenvalue weighted by Crippen LogP contribution is -2.29. The highest BCUT2D eigenvalue weighted by Crippen LogP contribution is 2.08. The van der Waals surface area contributed by atoms with Gasteiger partial charge in [0.1, 0.15) is 12.4 Å². The zero-order chi connectivity index (χ0) is 13.8. The molecule has 1 heterocycles. The maximum atomic E-state index is 12.7. The minimum Gasteiger partial charge on any atom is -0.324 e. The molecule has 0 atom stereocenters. The number of carbonyl (C=O) groups is 1. The number of nitrogens with zero attached hydrogens (tertiary/aromatic N) is 2. The Labute approximate surface area is 121 Å². The lowest BCUT2D eigenvalue weighted by Gasteiger charge is -2.06. The van der Waals surface area contributed by atoms with E-state index in [4.69, 9.17) is 0 Å². The van der Waals surface area contributed by atoms with Gasteiger partial charge in [0.2, 0.25) is 5.91 Å². The molecule has 5 nitrogen and oxygen atoms in total. The van der Waals surface area contributed by atoms with Crippen LogP contribution in [0.5, 0.6) is 0 Å². The molecule has 1 amide bonds. The third-order valence-corrected chi connectivity index (χ3v) is 2.85. The average Bonchev–Trinajstić information content (AvgIpc) is 2.36. The molecule has 0 saturated carbocycles. The van der Waals surface area contributed by atoms with Crippen LogP contribution >= 0.6 is 22.6 Å². The maximum absolute atomic E-state index is 12.7. The average molecular weight is 373 g/mol. The Morgan fingerprint density at radius 2 is 2.05 bits per heavy atom. The van der Waals surface area contributed by atoms with E-state index in [2.05, 4.69) is 10.4 Å². The van der Waals surface area contributed by atoms with Gasteiger partial charge in [0, 0.05) is 15.3 Å². The fourth-order valence-electron chi connectivity index (χ4n) is 1.40. The monoisotopic (exact) mass is 373 g/mol. The van der Waals surface area contributed by atoms with Crippen molar-refractivity contribution >= 4 is 34.2 Å². The molecule has 0 bridgehead atoms. The minimum absolute atomic E-state index is 0.187. The van der Waals surface area contributed by atoms with E-state index in [1.807, 2.05) is 22.6 Å². The minimum atomic E-state index is -0.401. The van der Waals surface area contributed by atoms with Crippen molar-refractivity contribution in [2.45, 2.75) is 6.54 Å². The van der Waals surface area contributed by atoms with E-state index in [-0.39, 0.29) is 17.9 Å². The maximum Gasteiger partial charge on any atom is 0.268 e. The van der Waals surface area contributed by atoms with E-state index < -0.39 is 5.91 Å². The molecule has 1 N–H and O–H groups in total. The second-order valence-electron chi connectivity index (χ2n) is 3.72. The van der Waals surface area contributed by atoms with Crippen LogP contribution in [0, 0.1) is 9.39 Å². The van der Waals surface area contributed by atoms with E-state index >= 15 is 0 Å². The number of hydrogen-bond donors (Lipinski definition) is 1. The van der Waals surface area contributed by atoms with Gasteiger partial charge in [0.25, 0.3) is 5.56 Å². The van der Waals surface area contributed by atoms with E-state index in [9.17, 15) is 14.0 Å². The highest BCUT2D eigenvalue weighted by molar-refractivity contribution is 14.1. The first kappa shape index (κ1) is 13.7. The molecule has 19 heavy (non-hydrogen) atoms. The zero-order valence-electron chi connectivity index (χ0n) is 9.64. The molecule has 0 fully saturated rings. The molecule has 0 aliphatic rings. The first-order valence-electron chi connectivity index (χ1n) is 5.33. The number of carbonyl (C=O) groups excluding carboxylic acids is 1. The molecule has 0 saturated heterocycles. The predicted octanol–water partition coefficient (Wildman–Crippen LogP) is 1.63. The summed E-state index contributed by atoms with van der Waals surface area (Å²) in [5.74, 6) is -0.782. The summed E-state index contributed by atoms with van der Waals surface area (Å²) in [4.78, 5) is 23.2. The van der Waals surface area contributed by atoms with Gasteiger partial charge in [-0.15, -0.1) is 0 Å². The van der Waals surface area contributed by atoms with Gasteiger partial charge in [0.05, 0.1) is 6.20 Å². The first-order chi connectivity index (χ1) is 9.04. The molecule has 98 valence electrons. The Kier molecular flexibility index (Phi) is 4.25. The molecule has 2 rings (SSSR count). The van der Waals surface area contributed by atoms with Crippen molar-refractivity contribution in [3.05, 3.63) is 56.3 Å². The number of rotatable bonds is 3. The molecular weight excluding hydrogens is 364 g/mol. The van der Waals surface area contributed by atoms with E-state index in [1.54, 1.807) is 0 Å². The number of benzene rings is 1. The van der Waals surface area contributed by atoms with Crippen molar-refractivity contribution in [1.29, 1.82) is 0 Å². The Morgan fingerprint density at radius 3 is 2.68 bits per heavy atom. The molecule has 1 aromatic heterocycles. The highest BCUT2D eigenvalue weighted by Gasteiger charge is 2.06. The van der Waals surface area contributed by atoms with Crippen LogP contribution in [-0.2, 0) is 11.3 Å². The summed E-state index contributed by atoms with van der Waals surface area (Å²) in [5, 5.41) is 6.40. The van der Waals surface area contributed by atoms with Crippen molar-refractivity contribution in [2.24, 2.45) is 0 Å². The van der Waals surface area contributed by atoms with Gasteiger partial charge < -0.3 is 5.32 Å². The van der Waals surface area contributed by atoms with Crippen LogP contribution < -0.4 is 10.9 Å². The quantitative estimate of drug-likeness (QED) is 0.832. The fraction of sp³-hybridized carbons (Fsp3) is 0.0833. The van der Waals surface area contributed by atoms with Crippen LogP contribution in [0.25, 0.3) is 0 Å². The van der Waals surface area contributed by atoms with Crippen molar-refractivity contribution < 1.29 is 9.18 Å². The molecule has 0 aliphatic heterocycles. The van der Waals surface area contributed by atoms with Crippen LogP contribution in [0.1, 0.15) is 0 Å². The van der Waals surface area contributed by atoms with Gasteiger partial charge in [-0.2, -0.15) is 5.10 Å². The summed E-state index contributed by atoms with van der Waals surface area (Å²) >= 11 is 1.97. The molecule has 0 spiro atoms. The second kappa shape index (κ2) is 5.91. The van der Waals surface area contributed by atoms with Gasteiger partial charge in [-0.3, -0.25) is 9.59 Å². The molecule has 7 heteroatoms. The summed E-state index contributed by atoms with van der Waals surface area (Å²) in [6.07, 6.45) is 1.49. The van der Waals surface area contributed by atoms with Gasteiger partial charge in [-0.05, 0) is 46.9 Å². The van der Waals surface area contributed by atoms with Crippen molar-refractivity contribution in [3.63, 3.8) is 0 Å². The lowest BCUT2D eigenvalue weighted by atomic mass is 10.3. The van der Waals surface area contributed by atoms with Crippen molar-refractivity contribution in [2.75, 3.05) is 5.32 Å². The van der Waals surface area contributed by atoms with Crippen LogP contribution in [-0.4, -0.2) is 15.7 Å². The van der Waals surface area contributed by atoms with Gasteiger partial charge >= 0.3 is 0 Å². The zero-order valence-corrected chi connectivity index (χ0v) is 11.8. The largest absolute Gasteiger partial charge is 0.324 e. The van der Waals surface area contributed by atoms with E-state index in [0.717, 1.165) is 4.68 Å². The predicted molar refractivity (Wildman–Crippen MR) is 76.2 cm³/mol. The first-order valence-corrected chi connectivity index (χ1v) is 6.40. The fourth-order valence-corrected chi connectivity index (χ4v) is 1.79. The number of halogens is 2.